The molecule has 44 heavy (non-hydrogen) atoms. The Morgan fingerprint density at radius 2 is 1.48 bits per heavy atom. The molecule has 1 unspecified atom stereocenters. The maximum absolute atomic E-state index is 13.2. The molecule has 0 spiro atoms. The van der Waals surface area contributed by atoms with Crippen LogP contribution in [0, 0.1) is 18.3 Å². The van der Waals surface area contributed by atoms with E-state index in [1.54, 1.807) is 11.0 Å². The Morgan fingerprint density at radius 3 is 1.95 bits per heavy atom. The first-order chi connectivity index (χ1) is 20.1. The molecule has 3 rings (SSSR count). The highest BCUT2D eigenvalue weighted by molar-refractivity contribution is 9.10. The third-order valence-electron chi connectivity index (χ3n) is 6.34. The average Bonchev–Trinajstić information content (AvgIpc) is 3.17. The van der Waals surface area contributed by atoms with E-state index in [2.05, 4.69) is 66.1 Å². The summed E-state index contributed by atoms with van der Waals surface area (Å²) >= 11 is 6.93. The predicted molar refractivity (Wildman–Crippen MR) is 192 cm³/mol. The van der Waals surface area contributed by atoms with E-state index in [1.807, 2.05) is 85.7 Å². The number of rotatable bonds is 6. The molecule has 0 saturated heterocycles. The van der Waals surface area contributed by atoms with Crippen LogP contribution >= 0.6 is 31.9 Å². The van der Waals surface area contributed by atoms with Gasteiger partial charge in [-0.3, -0.25) is 19.3 Å². The maximum Gasteiger partial charge on any atom is 0.309 e. The van der Waals surface area contributed by atoms with E-state index >= 15 is 0 Å². The van der Waals surface area contributed by atoms with E-state index in [0.29, 0.717) is 40.8 Å². The summed E-state index contributed by atoms with van der Waals surface area (Å²) in [7, 11) is 0. The largest absolute Gasteiger partial charge is 0.460 e. The number of halogens is 2. The van der Waals surface area contributed by atoms with Gasteiger partial charge in [0.15, 0.2) is 0 Å². The predicted octanol–water partition coefficient (Wildman–Crippen LogP) is 11.3. The summed E-state index contributed by atoms with van der Waals surface area (Å²) in [6.45, 7) is 28.3. The zero-order chi connectivity index (χ0) is 34.2. The van der Waals surface area contributed by atoms with Crippen LogP contribution in [0.2, 0.25) is 0 Å². The molecule has 0 bridgehead atoms. The van der Waals surface area contributed by atoms with Crippen LogP contribution in [0.25, 0.3) is 5.57 Å². The molecule has 0 saturated carbocycles. The molecule has 2 aromatic rings. The lowest BCUT2D eigenvalue weighted by Gasteiger charge is -2.22. The van der Waals surface area contributed by atoms with Crippen LogP contribution in [0.5, 0.6) is 0 Å². The number of ether oxygens (including phenoxy) is 1. The number of fused-ring (bicyclic) bond motifs is 1. The summed E-state index contributed by atoms with van der Waals surface area (Å²) in [6.07, 6.45) is 1.93. The van der Waals surface area contributed by atoms with Crippen LogP contribution in [0.15, 0.2) is 63.2 Å². The number of hydrogen-bond acceptors (Lipinski definition) is 4. The van der Waals surface area contributed by atoms with E-state index in [0.717, 1.165) is 32.1 Å². The van der Waals surface area contributed by atoms with Crippen LogP contribution in [0.1, 0.15) is 117 Å². The second-order valence-corrected chi connectivity index (χ2v) is 15.6. The third kappa shape index (κ3) is 12.1. The number of benzene rings is 2. The summed E-state index contributed by atoms with van der Waals surface area (Å²) in [5.74, 6) is -0.294. The number of carbonyl (C=O) groups excluding carboxylic acids is 3. The average molecular weight is 734 g/mol. The van der Waals surface area contributed by atoms with Crippen molar-refractivity contribution in [2.45, 2.75) is 108 Å². The monoisotopic (exact) mass is 731 g/mol. The Morgan fingerprint density at radius 1 is 0.955 bits per heavy atom. The van der Waals surface area contributed by atoms with E-state index in [4.69, 9.17) is 4.74 Å². The molecule has 1 amide bonds. The van der Waals surface area contributed by atoms with Gasteiger partial charge in [0.2, 0.25) is 11.7 Å². The summed E-state index contributed by atoms with van der Waals surface area (Å²) in [4.78, 5) is 38.9. The lowest BCUT2D eigenvalue weighted by Crippen LogP contribution is -2.29. The van der Waals surface area contributed by atoms with Gasteiger partial charge in [-0.2, -0.15) is 0 Å². The number of allylic oxidation sites excluding steroid dienone is 3. The van der Waals surface area contributed by atoms with Crippen molar-refractivity contribution in [3.05, 3.63) is 79.9 Å². The lowest BCUT2D eigenvalue weighted by molar-refractivity contribution is -0.159. The maximum atomic E-state index is 13.2. The van der Waals surface area contributed by atoms with Gasteiger partial charge in [0.25, 0.3) is 0 Å². The van der Waals surface area contributed by atoms with E-state index in [9.17, 15) is 14.4 Å². The molecule has 0 radical (unpaired) electrons. The molecule has 0 N–H and O–H groups in total. The van der Waals surface area contributed by atoms with Gasteiger partial charge in [0, 0.05) is 20.9 Å². The minimum absolute atomic E-state index is 0.0224. The topological polar surface area (TPSA) is 63.7 Å². The molecule has 1 heterocycles. The fourth-order valence-corrected chi connectivity index (χ4v) is 4.86. The van der Waals surface area contributed by atoms with Gasteiger partial charge in [0.1, 0.15) is 11.3 Å². The second kappa shape index (κ2) is 16.7. The van der Waals surface area contributed by atoms with Crippen LogP contribution in [0.3, 0.4) is 0 Å². The summed E-state index contributed by atoms with van der Waals surface area (Å²) in [6, 6.07) is 11.4. The summed E-state index contributed by atoms with van der Waals surface area (Å²) in [5, 5.41) is 0. The molecule has 0 aliphatic carbocycles. The Bertz CT molecular complexity index is 1390. The van der Waals surface area contributed by atoms with Crippen molar-refractivity contribution in [1.82, 2.24) is 0 Å². The van der Waals surface area contributed by atoms with E-state index in [1.165, 1.54) is 0 Å². The van der Waals surface area contributed by atoms with Crippen LogP contribution < -0.4 is 4.90 Å². The molecule has 5 nitrogen and oxygen atoms in total. The fourth-order valence-electron chi connectivity index (χ4n) is 4.03. The van der Waals surface area contributed by atoms with E-state index in [-0.39, 0.29) is 29.2 Å². The number of Topliss-reactive ketones (excluding diaryl/α,β-unsaturated/α-hetero) is 1. The SMILES string of the molecule is C=C(/C(C)=C1/C(=O)c2ccc(Br)cc2N1C(=O)CCC)c1ccc(Br)cc1C.CC(C)(C)C.CCC(C)C(=O)OC(C)(C)C. The van der Waals surface area contributed by atoms with Crippen molar-refractivity contribution < 1.29 is 19.1 Å². The van der Waals surface area contributed by atoms with Crippen molar-refractivity contribution in [3.63, 3.8) is 0 Å². The first-order valence-corrected chi connectivity index (χ1v) is 16.8. The first kappa shape index (κ1) is 39.5. The van der Waals surface area contributed by atoms with Gasteiger partial charge in [-0.05, 0) is 105 Å². The summed E-state index contributed by atoms with van der Waals surface area (Å²) < 4.78 is 6.97. The molecule has 2 aromatic carbocycles. The highest BCUT2D eigenvalue weighted by Crippen LogP contribution is 2.41. The number of nitrogens with zero attached hydrogens (tertiary/aromatic N) is 1. The van der Waals surface area contributed by atoms with Gasteiger partial charge < -0.3 is 4.74 Å². The highest BCUT2D eigenvalue weighted by atomic mass is 79.9. The van der Waals surface area contributed by atoms with Gasteiger partial charge in [-0.15, -0.1) is 0 Å². The number of ketones is 1. The van der Waals surface area contributed by atoms with Gasteiger partial charge in [-0.1, -0.05) is 93.0 Å². The van der Waals surface area contributed by atoms with Gasteiger partial charge >= 0.3 is 5.97 Å². The van der Waals surface area contributed by atoms with Crippen molar-refractivity contribution in [1.29, 1.82) is 0 Å². The molecule has 242 valence electrons. The number of carbonyl (C=O) groups is 3. The Kier molecular flexibility index (Phi) is 15.0. The fraction of sp³-hybridized carbons (Fsp3) is 0.486. The highest BCUT2D eigenvalue weighted by Gasteiger charge is 2.37. The Labute approximate surface area is 282 Å². The Hall–Kier alpha value is -2.51. The van der Waals surface area contributed by atoms with Crippen LogP contribution in [0.4, 0.5) is 5.69 Å². The molecular weight excluding hydrogens is 682 g/mol. The molecular formula is C37H51Br2NO4. The molecule has 1 atom stereocenters. The second-order valence-electron chi connectivity index (χ2n) is 13.7. The minimum Gasteiger partial charge on any atom is -0.460 e. The Balaban J connectivity index is 0.000000502. The van der Waals surface area contributed by atoms with Crippen molar-refractivity contribution in [3.8, 4) is 0 Å². The number of esters is 1. The van der Waals surface area contributed by atoms with E-state index < -0.39 is 0 Å². The summed E-state index contributed by atoms with van der Waals surface area (Å²) in [5.41, 5.74) is 5.20. The zero-order valence-corrected chi connectivity index (χ0v) is 31.9. The van der Waals surface area contributed by atoms with Gasteiger partial charge in [0.05, 0.1) is 11.6 Å². The van der Waals surface area contributed by atoms with Gasteiger partial charge in [-0.25, -0.2) is 0 Å². The number of aryl methyl sites for hydroxylation is 1. The normalized spacial score (nSPS) is 14.4. The molecule has 0 fully saturated rings. The molecule has 0 aromatic heterocycles. The molecule has 7 heteroatoms. The van der Waals surface area contributed by atoms with Crippen molar-refractivity contribution >= 4 is 60.8 Å². The minimum atomic E-state index is -0.347. The molecule has 1 aliphatic rings. The van der Waals surface area contributed by atoms with Crippen LogP contribution in [-0.2, 0) is 14.3 Å². The number of hydrogen-bond donors (Lipinski definition) is 0. The number of anilines is 1. The molecule has 1 aliphatic heterocycles. The smallest absolute Gasteiger partial charge is 0.309 e. The van der Waals surface area contributed by atoms with Crippen molar-refractivity contribution in [2.24, 2.45) is 11.3 Å². The lowest BCUT2D eigenvalue weighted by atomic mass is 9.94. The standard InChI is InChI=1S/C23H21Br2NO2.C9H18O2.C5H12/c1-5-6-21(27)26-20-12-17(25)8-10-19(20)23(28)22(26)15(4)14(3)18-9-7-16(24)11-13(18)2;1-6-7(2)8(10)11-9(3,4)5;1-5(2,3)4/h7-12H,3,5-6H2,1-2,4H3;7H,6H2,1-5H3;1-4H3/b22-15-;;. The van der Waals surface area contributed by atoms with Crippen LogP contribution in [-0.4, -0.2) is 23.3 Å². The number of amides is 1. The van der Waals surface area contributed by atoms with Crippen molar-refractivity contribution in [2.75, 3.05) is 4.90 Å². The third-order valence-corrected chi connectivity index (χ3v) is 7.33. The quantitative estimate of drug-likeness (QED) is 0.219. The first-order valence-electron chi connectivity index (χ1n) is 15.2. The zero-order valence-electron chi connectivity index (χ0n) is 28.7.